The molecule has 0 atom stereocenters. The van der Waals surface area contributed by atoms with Gasteiger partial charge < -0.3 is 9.30 Å². The third-order valence-corrected chi connectivity index (χ3v) is 5.12. The predicted molar refractivity (Wildman–Crippen MR) is 95.0 cm³/mol. The summed E-state index contributed by atoms with van der Waals surface area (Å²) in [5, 5.41) is 0. The Morgan fingerprint density at radius 1 is 1.22 bits per heavy atom. The predicted octanol–water partition coefficient (Wildman–Crippen LogP) is 3.92. The molecule has 2 rings (SSSR count). The van der Waals surface area contributed by atoms with Gasteiger partial charge in [0, 0.05) is 33.4 Å². The van der Waals surface area contributed by atoms with E-state index >= 15 is 0 Å². The number of hydrogen-bond donors (Lipinski definition) is 0. The average molecular weight is 396 g/mol. The monoisotopic (exact) mass is 395 g/mol. The molecule has 0 bridgehead atoms. The fourth-order valence-electron chi connectivity index (χ4n) is 2.08. The lowest BCUT2D eigenvalue weighted by molar-refractivity contribution is -0.139. The van der Waals surface area contributed by atoms with Crippen LogP contribution < -0.4 is 0 Å². The smallest absolute Gasteiger partial charge is 0.316 e. The quantitative estimate of drug-likeness (QED) is 0.422. The van der Waals surface area contributed by atoms with E-state index in [2.05, 4.69) is 15.9 Å². The molecule has 0 radical (unpaired) electrons. The number of aryl methyl sites for hydroxylation is 1. The van der Waals surface area contributed by atoms with Crippen LogP contribution in [-0.2, 0) is 16.6 Å². The van der Waals surface area contributed by atoms with E-state index in [9.17, 15) is 9.59 Å². The summed E-state index contributed by atoms with van der Waals surface area (Å²) in [5.41, 5.74) is 2.49. The summed E-state index contributed by atoms with van der Waals surface area (Å²) in [6, 6.07) is 9.49. The summed E-state index contributed by atoms with van der Waals surface area (Å²) >= 11 is 4.74. The molecule has 1 aromatic heterocycles. The molecule has 0 aliphatic rings. The molecule has 0 aliphatic heterocycles. The van der Waals surface area contributed by atoms with Gasteiger partial charge in [0.2, 0.25) is 5.78 Å². The van der Waals surface area contributed by atoms with Gasteiger partial charge in [-0.3, -0.25) is 9.59 Å². The van der Waals surface area contributed by atoms with E-state index in [0.29, 0.717) is 5.56 Å². The van der Waals surface area contributed by atoms with E-state index in [-0.39, 0.29) is 18.1 Å². The van der Waals surface area contributed by atoms with Crippen molar-refractivity contribution in [1.29, 1.82) is 0 Å². The number of ether oxygens (including phenoxy) is 1. The number of hydrogen-bond acceptors (Lipinski definition) is 4. The van der Waals surface area contributed by atoms with Gasteiger partial charge in [-0.15, -0.1) is 11.8 Å². The van der Waals surface area contributed by atoms with Crippen LogP contribution in [0.5, 0.6) is 0 Å². The number of carbonyl (C=O) groups excluding carboxylic acids is 2. The van der Waals surface area contributed by atoms with E-state index < -0.39 is 5.97 Å². The fourth-order valence-corrected chi connectivity index (χ4v) is 3.04. The van der Waals surface area contributed by atoms with E-state index in [0.717, 1.165) is 20.8 Å². The van der Waals surface area contributed by atoms with Gasteiger partial charge in [0.15, 0.2) is 6.61 Å². The number of benzene rings is 1. The minimum atomic E-state index is -0.392. The second-order valence-corrected chi connectivity index (χ2v) is 7.13. The molecule has 0 aliphatic carbocycles. The maximum atomic E-state index is 12.1. The number of carbonyl (C=O) groups is 2. The summed E-state index contributed by atoms with van der Waals surface area (Å²) in [6.07, 6.45) is 0. The second-order valence-electron chi connectivity index (χ2n) is 5.17. The van der Waals surface area contributed by atoms with Crippen LogP contribution >= 0.6 is 27.7 Å². The van der Waals surface area contributed by atoms with Gasteiger partial charge in [-0.05, 0) is 44.2 Å². The van der Waals surface area contributed by atoms with Gasteiger partial charge >= 0.3 is 5.97 Å². The number of rotatable bonds is 6. The molecule has 122 valence electrons. The Kier molecular flexibility index (Phi) is 6.07. The Hall–Kier alpha value is -1.53. The molecule has 0 amide bonds. The lowest BCUT2D eigenvalue weighted by Gasteiger charge is -2.05. The van der Waals surface area contributed by atoms with Crippen LogP contribution in [0.4, 0.5) is 0 Å². The Morgan fingerprint density at radius 2 is 1.87 bits per heavy atom. The van der Waals surface area contributed by atoms with Crippen molar-refractivity contribution in [3.8, 4) is 0 Å². The molecule has 0 saturated heterocycles. The van der Waals surface area contributed by atoms with Crippen molar-refractivity contribution < 1.29 is 14.3 Å². The summed E-state index contributed by atoms with van der Waals surface area (Å²) < 4.78 is 8.01. The Balaban J connectivity index is 1.83. The SMILES string of the molecule is Cc1cc(C(=O)COC(=O)CSc2ccc(Br)cc2)c(C)n1C. The van der Waals surface area contributed by atoms with E-state index in [1.165, 1.54) is 11.8 Å². The van der Waals surface area contributed by atoms with Crippen LogP contribution in [0.2, 0.25) is 0 Å². The molecule has 23 heavy (non-hydrogen) atoms. The van der Waals surface area contributed by atoms with Crippen molar-refractivity contribution in [2.24, 2.45) is 7.05 Å². The molecule has 0 fully saturated rings. The molecule has 2 aromatic rings. The van der Waals surface area contributed by atoms with Crippen molar-refractivity contribution in [2.75, 3.05) is 12.4 Å². The van der Waals surface area contributed by atoms with Gasteiger partial charge in [0.25, 0.3) is 0 Å². The summed E-state index contributed by atoms with van der Waals surface area (Å²) in [4.78, 5) is 24.9. The van der Waals surface area contributed by atoms with E-state index in [1.807, 2.05) is 55.8 Å². The molecule has 0 spiro atoms. The molecular weight excluding hydrogens is 378 g/mol. The Labute approximate surface area is 148 Å². The van der Waals surface area contributed by atoms with Gasteiger partial charge in [-0.25, -0.2) is 0 Å². The van der Waals surface area contributed by atoms with Crippen LogP contribution in [0.1, 0.15) is 21.7 Å². The minimum Gasteiger partial charge on any atom is -0.457 e. The van der Waals surface area contributed by atoms with Crippen LogP contribution in [0.15, 0.2) is 39.7 Å². The topological polar surface area (TPSA) is 48.3 Å². The highest BCUT2D eigenvalue weighted by molar-refractivity contribution is 9.10. The maximum absolute atomic E-state index is 12.1. The summed E-state index contributed by atoms with van der Waals surface area (Å²) in [7, 11) is 1.91. The third-order valence-electron chi connectivity index (χ3n) is 3.61. The largest absolute Gasteiger partial charge is 0.457 e. The highest BCUT2D eigenvalue weighted by Gasteiger charge is 2.16. The first-order chi connectivity index (χ1) is 10.9. The second kappa shape index (κ2) is 7.84. The highest BCUT2D eigenvalue weighted by atomic mass is 79.9. The van der Waals surface area contributed by atoms with Gasteiger partial charge in [-0.2, -0.15) is 0 Å². The summed E-state index contributed by atoms with van der Waals surface area (Å²) in [6.45, 7) is 3.60. The molecule has 4 nitrogen and oxygen atoms in total. The van der Waals surface area contributed by atoms with Gasteiger partial charge in [-0.1, -0.05) is 15.9 Å². The highest BCUT2D eigenvalue weighted by Crippen LogP contribution is 2.20. The van der Waals surface area contributed by atoms with Crippen LogP contribution in [0.25, 0.3) is 0 Å². The first-order valence-corrected chi connectivity index (χ1v) is 8.86. The van der Waals surface area contributed by atoms with Gasteiger partial charge in [0.1, 0.15) is 0 Å². The maximum Gasteiger partial charge on any atom is 0.316 e. The third kappa shape index (κ3) is 4.72. The van der Waals surface area contributed by atoms with Gasteiger partial charge in [0.05, 0.1) is 5.75 Å². The molecular formula is C17H18BrNO3S. The van der Waals surface area contributed by atoms with Crippen molar-refractivity contribution in [2.45, 2.75) is 18.7 Å². The zero-order valence-corrected chi connectivity index (χ0v) is 15.7. The Bertz CT molecular complexity index is 722. The molecule has 6 heteroatoms. The lowest BCUT2D eigenvalue weighted by Crippen LogP contribution is -2.16. The number of nitrogens with zero attached hydrogens (tertiary/aromatic N) is 1. The van der Waals surface area contributed by atoms with Crippen LogP contribution in [0.3, 0.4) is 0 Å². The number of esters is 1. The Morgan fingerprint density at radius 3 is 2.43 bits per heavy atom. The van der Waals surface area contributed by atoms with Crippen molar-refractivity contribution in [3.05, 3.63) is 51.8 Å². The van der Waals surface area contributed by atoms with Crippen molar-refractivity contribution in [1.82, 2.24) is 4.57 Å². The molecule has 0 N–H and O–H groups in total. The first kappa shape index (κ1) is 17.8. The van der Waals surface area contributed by atoms with Crippen LogP contribution in [-0.4, -0.2) is 28.7 Å². The van der Waals surface area contributed by atoms with Crippen LogP contribution in [0, 0.1) is 13.8 Å². The zero-order valence-electron chi connectivity index (χ0n) is 13.3. The molecule has 0 saturated carbocycles. The van der Waals surface area contributed by atoms with E-state index in [4.69, 9.17) is 4.74 Å². The van der Waals surface area contributed by atoms with Crippen molar-refractivity contribution in [3.63, 3.8) is 0 Å². The average Bonchev–Trinajstić information content (AvgIpc) is 2.79. The number of thioether (sulfide) groups is 1. The van der Waals surface area contributed by atoms with E-state index in [1.54, 1.807) is 0 Å². The molecule has 0 unspecified atom stereocenters. The molecule has 1 heterocycles. The molecule has 1 aromatic carbocycles. The minimum absolute atomic E-state index is 0.173. The lowest BCUT2D eigenvalue weighted by atomic mass is 10.1. The van der Waals surface area contributed by atoms with Crippen molar-refractivity contribution >= 4 is 39.4 Å². The number of Topliss-reactive ketones (excluding diaryl/α,β-unsaturated/α-hetero) is 1. The summed E-state index contributed by atoms with van der Waals surface area (Å²) in [5.74, 6) is -0.383. The number of halogens is 1. The normalized spacial score (nSPS) is 10.6. The number of aromatic nitrogens is 1. The number of ketones is 1. The first-order valence-electron chi connectivity index (χ1n) is 7.08. The fraction of sp³-hybridized carbons (Fsp3) is 0.294. The zero-order chi connectivity index (χ0) is 17.0. The standard InChI is InChI=1S/C17H18BrNO3S/c1-11-8-15(12(2)19(11)3)16(20)9-22-17(21)10-23-14-6-4-13(18)5-7-14/h4-8H,9-10H2,1-3H3.